The van der Waals surface area contributed by atoms with Crippen LogP contribution in [-0.4, -0.2) is 43.6 Å². The van der Waals surface area contributed by atoms with Gasteiger partial charge in [-0.25, -0.2) is 14.5 Å². The molecule has 9 nitrogen and oxygen atoms in total. The number of anilines is 1. The van der Waals surface area contributed by atoms with Crippen molar-refractivity contribution < 1.29 is 33.4 Å². The SMILES string of the molecule is CCOC(=O)COc1cc(Br)c(/C=C2\C(=O)NC(=O)N(c3ccc(Cl)cc3)C2=O)cc1OCC. The van der Waals surface area contributed by atoms with Crippen molar-refractivity contribution in [3.63, 3.8) is 0 Å². The number of imide groups is 2. The first-order valence-corrected chi connectivity index (χ1v) is 11.3. The number of barbiturate groups is 1. The van der Waals surface area contributed by atoms with Gasteiger partial charge in [0.15, 0.2) is 18.1 Å². The predicted molar refractivity (Wildman–Crippen MR) is 128 cm³/mol. The Morgan fingerprint density at radius 2 is 1.74 bits per heavy atom. The summed E-state index contributed by atoms with van der Waals surface area (Å²) in [5, 5.41) is 2.59. The largest absolute Gasteiger partial charge is 0.490 e. The van der Waals surface area contributed by atoms with Crippen LogP contribution in [-0.2, 0) is 19.1 Å². The number of ether oxygens (including phenoxy) is 3. The van der Waals surface area contributed by atoms with Gasteiger partial charge in [0, 0.05) is 9.50 Å². The number of urea groups is 1. The second-order valence-corrected chi connectivity index (χ2v) is 8.07. The van der Waals surface area contributed by atoms with Crippen LogP contribution in [0.1, 0.15) is 19.4 Å². The molecule has 1 aliphatic rings. The summed E-state index contributed by atoms with van der Waals surface area (Å²) < 4.78 is 16.4. The lowest BCUT2D eigenvalue weighted by Gasteiger charge is -2.26. The van der Waals surface area contributed by atoms with Crippen LogP contribution in [0.2, 0.25) is 5.02 Å². The van der Waals surface area contributed by atoms with Gasteiger partial charge in [0.1, 0.15) is 5.57 Å². The van der Waals surface area contributed by atoms with Crippen molar-refractivity contribution in [3.8, 4) is 11.5 Å². The van der Waals surface area contributed by atoms with Gasteiger partial charge in [-0.3, -0.25) is 14.9 Å². The molecule has 4 amide bonds. The third kappa shape index (κ3) is 5.75. The number of rotatable bonds is 8. The standard InChI is InChI=1S/C23H20BrClN2O7/c1-3-32-18-10-13(17(24)11-19(18)34-12-20(28)33-4-2)9-16-21(29)26-23(31)27(22(16)30)15-7-5-14(25)6-8-15/h5-11H,3-4,12H2,1-2H3,(H,26,29,31)/b16-9+. The summed E-state index contributed by atoms with van der Waals surface area (Å²) in [6.07, 6.45) is 1.33. The average Bonchev–Trinajstić information content (AvgIpc) is 2.78. The fraction of sp³-hybridized carbons (Fsp3) is 0.217. The van der Waals surface area contributed by atoms with E-state index in [-0.39, 0.29) is 36.0 Å². The van der Waals surface area contributed by atoms with Crippen LogP contribution in [0.15, 0.2) is 46.4 Å². The summed E-state index contributed by atoms with van der Waals surface area (Å²) in [5.74, 6) is -1.63. The van der Waals surface area contributed by atoms with E-state index >= 15 is 0 Å². The van der Waals surface area contributed by atoms with Gasteiger partial charge < -0.3 is 14.2 Å². The maximum Gasteiger partial charge on any atom is 0.344 e. The first kappa shape index (κ1) is 25.3. The topological polar surface area (TPSA) is 111 Å². The molecule has 1 fully saturated rings. The Hall–Kier alpha value is -3.37. The third-order valence-corrected chi connectivity index (χ3v) is 5.44. The summed E-state index contributed by atoms with van der Waals surface area (Å²) in [7, 11) is 0. The molecule has 2 aromatic carbocycles. The number of carbonyl (C=O) groups excluding carboxylic acids is 4. The van der Waals surface area contributed by atoms with Crippen molar-refractivity contribution in [2.24, 2.45) is 0 Å². The molecule has 1 aliphatic heterocycles. The van der Waals surface area contributed by atoms with Gasteiger partial charge in [-0.2, -0.15) is 0 Å². The Labute approximate surface area is 208 Å². The van der Waals surface area contributed by atoms with Gasteiger partial charge in [-0.15, -0.1) is 0 Å². The van der Waals surface area contributed by atoms with Crippen LogP contribution in [0.4, 0.5) is 10.5 Å². The lowest BCUT2D eigenvalue weighted by atomic mass is 10.1. The molecule has 2 aromatic rings. The predicted octanol–water partition coefficient (Wildman–Crippen LogP) is 4.11. The number of benzene rings is 2. The van der Waals surface area contributed by atoms with Crippen molar-refractivity contribution in [2.75, 3.05) is 24.7 Å². The molecule has 3 rings (SSSR count). The number of nitrogens with zero attached hydrogens (tertiary/aromatic N) is 1. The Bertz CT molecular complexity index is 1160. The molecule has 0 unspecified atom stereocenters. The van der Waals surface area contributed by atoms with E-state index < -0.39 is 23.8 Å². The molecule has 1 N–H and O–H groups in total. The van der Waals surface area contributed by atoms with Crippen molar-refractivity contribution in [1.29, 1.82) is 0 Å². The zero-order valence-electron chi connectivity index (χ0n) is 18.2. The summed E-state index contributed by atoms with van der Waals surface area (Å²) >= 11 is 9.27. The molecule has 0 spiro atoms. The minimum absolute atomic E-state index is 0.225. The summed E-state index contributed by atoms with van der Waals surface area (Å²) in [6.45, 7) is 3.66. The highest BCUT2D eigenvalue weighted by atomic mass is 79.9. The normalized spacial score (nSPS) is 14.8. The smallest absolute Gasteiger partial charge is 0.344 e. The first-order chi connectivity index (χ1) is 16.2. The molecule has 0 aromatic heterocycles. The Balaban J connectivity index is 1.96. The van der Waals surface area contributed by atoms with Gasteiger partial charge in [0.2, 0.25) is 0 Å². The maximum absolute atomic E-state index is 13.1. The maximum atomic E-state index is 13.1. The van der Waals surface area contributed by atoms with Crippen molar-refractivity contribution in [1.82, 2.24) is 5.32 Å². The first-order valence-electron chi connectivity index (χ1n) is 10.2. The molecule has 0 atom stereocenters. The van der Waals surface area contributed by atoms with E-state index in [0.29, 0.717) is 21.7 Å². The minimum atomic E-state index is -0.869. The fourth-order valence-electron chi connectivity index (χ4n) is 3.02. The molecule has 34 heavy (non-hydrogen) atoms. The molecule has 0 radical (unpaired) electrons. The molecule has 1 heterocycles. The molecule has 11 heteroatoms. The number of esters is 1. The van der Waals surface area contributed by atoms with E-state index in [1.165, 1.54) is 30.3 Å². The van der Waals surface area contributed by atoms with Gasteiger partial charge in [0.25, 0.3) is 11.8 Å². The van der Waals surface area contributed by atoms with E-state index in [9.17, 15) is 19.2 Å². The monoisotopic (exact) mass is 550 g/mol. The van der Waals surface area contributed by atoms with Crippen molar-refractivity contribution >= 4 is 63.1 Å². The zero-order valence-corrected chi connectivity index (χ0v) is 20.6. The zero-order chi connectivity index (χ0) is 24.8. The second-order valence-electron chi connectivity index (χ2n) is 6.78. The Kier molecular flexibility index (Phi) is 8.30. The van der Waals surface area contributed by atoms with Crippen LogP contribution in [0.5, 0.6) is 11.5 Å². The van der Waals surface area contributed by atoms with E-state index in [1.807, 2.05) is 0 Å². The quantitative estimate of drug-likeness (QED) is 0.299. The van der Waals surface area contributed by atoms with Gasteiger partial charge in [-0.05, 0) is 61.9 Å². The number of carbonyl (C=O) groups is 4. The summed E-state index contributed by atoms with van der Waals surface area (Å²) in [4.78, 5) is 50.4. The highest BCUT2D eigenvalue weighted by Crippen LogP contribution is 2.35. The molecule has 0 aliphatic carbocycles. The third-order valence-electron chi connectivity index (χ3n) is 4.50. The lowest BCUT2D eigenvalue weighted by molar-refractivity contribution is -0.145. The average molecular weight is 552 g/mol. The molecule has 1 saturated heterocycles. The van der Waals surface area contributed by atoms with Gasteiger partial charge in [0.05, 0.1) is 18.9 Å². The van der Waals surface area contributed by atoms with Crippen LogP contribution in [0, 0.1) is 0 Å². The van der Waals surface area contributed by atoms with Gasteiger partial charge in [-0.1, -0.05) is 27.5 Å². The van der Waals surface area contributed by atoms with Crippen LogP contribution in [0.3, 0.4) is 0 Å². The number of amides is 4. The van der Waals surface area contributed by atoms with Crippen LogP contribution in [0.25, 0.3) is 6.08 Å². The molecule has 178 valence electrons. The lowest BCUT2D eigenvalue weighted by Crippen LogP contribution is -2.54. The molecule has 0 bridgehead atoms. The van der Waals surface area contributed by atoms with Crippen molar-refractivity contribution in [2.45, 2.75) is 13.8 Å². The summed E-state index contributed by atoms with van der Waals surface area (Å²) in [5.41, 5.74) is 0.399. The Morgan fingerprint density at radius 3 is 2.38 bits per heavy atom. The van der Waals surface area contributed by atoms with E-state index in [2.05, 4.69) is 21.2 Å². The minimum Gasteiger partial charge on any atom is -0.490 e. The number of hydrogen-bond acceptors (Lipinski definition) is 7. The molecular weight excluding hydrogens is 532 g/mol. The number of nitrogens with one attached hydrogen (secondary N) is 1. The molecule has 0 saturated carbocycles. The number of halogens is 2. The van der Waals surface area contributed by atoms with Gasteiger partial charge >= 0.3 is 12.0 Å². The fourth-order valence-corrected chi connectivity index (χ4v) is 3.58. The highest BCUT2D eigenvalue weighted by molar-refractivity contribution is 9.10. The highest BCUT2D eigenvalue weighted by Gasteiger charge is 2.37. The van der Waals surface area contributed by atoms with E-state index in [1.54, 1.807) is 26.0 Å². The van der Waals surface area contributed by atoms with E-state index in [4.69, 9.17) is 25.8 Å². The molecular formula is C23H20BrClN2O7. The van der Waals surface area contributed by atoms with Crippen LogP contribution < -0.4 is 19.7 Å². The second kappa shape index (κ2) is 11.2. The van der Waals surface area contributed by atoms with Crippen LogP contribution >= 0.6 is 27.5 Å². The summed E-state index contributed by atoms with van der Waals surface area (Å²) in [6, 6.07) is 8.26. The Morgan fingerprint density at radius 1 is 1.06 bits per heavy atom. The number of hydrogen-bond donors (Lipinski definition) is 1. The van der Waals surface area contributed by atoms with E-state index in [0.717, 1.165) is 4.90 Å². The van der Waals surface area contributed by atoms with Crippen molar-refractivity contribution in [3.05, 3.63) is 57.0 Å².